The molecule has 0 radical (unpaired) electrons. The van der Waals surface area contributed by atoms with E-state index in [-0.39, 0.29) is 6.61 Å². The number of anilines is 1. The molecule has 0 atom stereocenters. The van der Waals surface area contributed by atoms with Gasteiger partial charge >= 0.3 is 6.09 Å². The Hall–Kier alpha value is -3.08. The van der Waals surface area contributed by atoms with Crippen LogP contribution >= 0.6 is 0 Å². The van der Waals surface area contributed by atoms with Crippen LogP contribution in [0.25, 0.3) is 10.9 Å². The van der Waals surface area contributed by atoms with E-state index in [0.717, 1.165) is 47.2 Å². The fourth-order valence-corrected chi connectivity index (χ4v) is 3.59. The summed E-state index contributed by atoms with van der Waals surface area (Å²) < 4.78 is 11.6. The molecule has 1 heterocycles. The molecule has 5 heteroatoms. The Labute approximate surface area is 191 Å². The lowest BCUT2D eigenvalue weighted by molar-refractivity contribution is 0.153. The second-order valence-corrected chi connectivity index (χ2v) is 8.09. The van der Waals surface area contributed by atoms with Gasteiger partial charge in [-0.1, -0.05) is 57.4 Å². The lowest BCUT2D eigenvalue weighted by atomic mass is 10.1. The number of amides is 1. The van der Waals surface area contributed by atoms with Crippen LogP contribution in [0.1, 0.15) is 62.8 Å². The molecule has 0 bridgehead atoms. The van der Waals surface area contributed by atoms with Crippen LogP contribution in [0.4, 0.5) is 10.5 Å². The second kappa shape index (κ2) is 12.1. The van der Waals surface area contributed by atoms with Crippen LogP contribution in [0, 0.1) is 6.92 Å². The predicted octanol–water partition coefficient (Wildman–Crippen LogP) is 7.20. The maximum atomic E-state index is 12.4. The summed E-state index contributed by atoms with van der Waals surface area (Å²) in [5.74, 6) is 0.821. The summed E-state index contributed by atoms with van der Waals surface area (Å²) in [5, 5.41) is 3.78. The third-order valence-electron chi connectivity index (χ3n) is 5.53. The highest BCUT2D eigenvalue weighted by molar-refractivity contribution is 5.87. The van der Waals surface area contributed by atoms with Crippen molar-refractivity contribution < 1.29 is 14.3 Å². The number of unbranched alkanes of at least 4 members (excludes halogenated alkanes) is 3. The Bertz CT molecular complexity index is 1020. The van der Waals surface area contributed by atoms with Crippen LogP contribution in [-0.4, -0.2) is 17.7 Å². The van der Waals surface area contributed by atoms with E-state index in [1.807, 2.05) is 43.3 Å². The maximum Gasteiger partial charge on any atom is 0.412 e. The molecule has 0 saturated carbocycles. The van der Waals surface area contributed by atoms with Crippen molar-refractivity contribution >= 4 is 22.7 Å². The fraction of sp³-hybridized carbons (Fsp3) is 0.407. The van der Waals surface area contributed by atoms with Gasteiger partial charge in [-0.05, 0) is 56.0 Å². The van der Waals surface area contributed by atoms with Crippen molar-refractivity contribution in [2.45, 2.75) is 65.9 Å². The molecule has 170 valence electrons. The second-order valence-electron chi connectivity index (χ2n) is 8.09. The number of nitrogens with one attached hydrogen (secondary N) is 1. The molecule has 1 aromatic heterocycles. The Kier molecular flexibility index (Phi) is 8.90. The number of fused-ring (bicyclic) bond motifs is 1. The van der Waals surface area contributed by atoms with E-state index < -0.39 is 6.09 Å². The highest BCUT2D eigenvalue weighted by atomic mass is 16.5. The van der Waals surface area contributed by atoms with Gasteiger partial charge in [0.15, 0.2) is 0 Å². The minimum Gasteiger partial charge on any atom is -0.493 e. The zero-order chi connectivity index (χ0) is 22.8. The molecule has 0 fully saturated rings. The highest BCUT2D eigenvalue weighted by Crippen LogP contribution is 2.31. The molecule has 2 aromatic carbocycles. The summed E-state index contributed by atoms with van der Waals surface area (Å²) in [6, 6.07) is 15.8. The van der Waals surface area contributed by atoms with E-state index in [4.69, 9.17) is 14.5 Å². The number of carbonyl (C=O) groups is 1. The van der Waals surface area contributed by atoms with Gasteiger partial charge in [-0.3, -0.25) is 5.32 Å². The average Bonchev–Trinajstić information content (AvgIpc) is 2.81. The number of rotatable bonds is 11. The quantitative estimate of drug-likeness (QED) is 0.324. The number of aromatic nitrogens is 1. The molecule has 0 aliphatic heterocycles. The van der Waals surface area contributed by atoms with Gasteiger partial charge < -0.3 is 9.47 Å². The zero-order valence-corrected chi connectivity index (χ0v) is 19.4. The van der Waals surface area contributed by atoms with Crippen LogP contribution in [0.15, 0.2) is 48.5 Å². The molecule has 0 saturated heterocycles. The SMILES string of the molecule is CCCCCc1ccc(NC(=O)OCc2nc3ccccc3c(OCCCC)c2C)cc1. The monoisotopic (exact) mass is 434 g/mol. The van der Waals surface area contributed by atoms with E-state index in [1.54, 1.807) is 0 Å². The predicted molar refractivity (Wildman–Crippen MR) is 130 cm³/mol. The summed E-state index contributed by atoms with van der Waals surface area (Å²) in [7, 11) is 0. The van der Waals surface area contributed by atoms with Crippen LogP contribution in [0.2, 0.25) is 0 Å². The van der Waals surface area contributed by atoms with E-state index in [2.05, 4.69) is 31.3 Å². The Morgan fingerprint density at radius 1 is 0.969 bits per heavy atom. The summed E-state index contributed by atoms with van der Waals surface area (Å²) >= 11 is 0. The number of carbonyl (C=O) groups excluding carboxylic acids is 1. The number of nitrogens with zero attached hydrogens (tertiary/aromatic N) is 1. The molecular formula is C27H34N2O3. The minimum absolute atomic E-state index is 0.0851. The van der Waals surface area contributed by atoms with Crippen molar-refractivity contribution in [1.29, 1.82) is 0 Å². The van der Waals surface area contributed by atoms with Crippen molar-refractivity contribution in [3.05, 3.63) is 65.4 Å². The van der Waals surface area contributed by atoms with Gasteiger partial charge in [0.05, 0.1) is 17.8 Å². The largest absolute Gasteiger partial charge is 0.493 e. The molecule has 3 aromatic rings. The zero-order valence-electron chi connectivity index (χ0n) is 19.4. The third kappa shape index (κ3) is 6.46. The van der Waals surface area contributed by atoms with Gasteiger partial charge in [-0.25, -0.2) is 9.78 Å². The van der Waals surface area contributed by atoms with E-state index in [1.165, 1.54) is 24.8 Å². The molecular weight excluding hydrogens is 400 g/mol. The molecule has 0 spiro atoms. The topological polar surface area (TPSA) is 60.5 Å². The Balaban J connectivity index is 1.63. The first-order valence-corrected chi connectivity index (χ1v) is 11.7. The number of pyridine rings is 1. The smallest absolute Gasteiger partial charge is 0.412 e. The molecule has 32 heavy (non-hydrogen) atoms. The lowest BCUT2D eigenvalue weighted by Gasteiger charge is -2.15. The fourth-order valence-electron chi connectivity index (χ4n) is 3.59. The summed E-state index contributed by atoms with van der Waals surface area (Å²) in [6.07, 6.45) is 6.26. The Morgan fingerprint density at radius 3 is 2.47 bits per heavy atom. The Morgan fingerprint density at radius 2 is 1.72 bits per heavy atom. The van der Waals surface area contributed by atoms with E-state index in [9.17, 15) is 4.79 Å². The molecule has 5 nitrogen and oxygen atoms in total. The van der Waals surface area contributed by atoms with E-state index in [0.29, 0.717) is 12.3 Å². The number of ether oxygens (including phenoxy) is 2. The number of hydrogen-bond acceptors (Lipinski definition) is 4. The van der Waals surface area contributed by atoms with Crippen molar-refractivity contribution in [3.63, 3.8) is 0 Å². The first-order chi connectivity index (χ1) is 15.6. The molecule has 1 amide bonds. The number of aryl methyl sites for hydroxylation is 1. The van der Waals surface area contributed by atoms with Gasteiger partial charge in [0, 0.05) is 16.6 Å². The molecule has 0 unspecified atom stereocenters. The summed E-state index contributed by atoms with van der Waals surface area (Å²) in [5.41, 5.74) is 4.45. The number of benzene rings is 2. The van der Waals surface area contributed by atoms with Gasteiger partial charge in [0.25, 0.3) is 0 Å². The molecule has 0 aliphatic rings. The molecule has 3 rings (SSSR count). The minimum atomic E-state index is -0.494. The van der Waals surface area contributed by atoms with Crippen LogP contribution in [-0.2, 0) is 17.8 Å². The van der Waals surface area contributed by atoms with Crippen LogP contribution in [0.5, 0.6) is 5.75 Å². The van der Waals surface area contributed by atoms with Crippen molar-refractivity contribution in [1.82, 2.24) is 4.98 Å². The van der Waals surface area contributed by atoms with E-state index >= 15 is 0 Å². The van der Waals surface area contributed by atoms with Gasteiger partial charge in [-0.15, -0.1) is 0 Å². The summed E-state index contributed by atoms with van der Waals surface area (Å²) in [4.78, 5) is 17.1. The van der Waals surface area contributed by atoms with Crippen LogP contribution < -0.4 is 10.1 Å². The van der Waals surface area contributed by atoms with Gasteiger partial charge in [0.1, 0.15) is 12.4 Å². The van der Waals surface area contributed by atoms with Crippen LogP contribution in [0.3, 0.4) is 0 Å². The molecule has 1 N–H and O–H groups in total. The molecule has 0 aliphatic carbocycles. The van der Waals surface area contributed by atoms with Gasteiger partial charge in [-0.2, -0.15) is 0 Å². The van der Waals surface area contributed by atoms with Crippen molar-refractivity contribution in [2.24, 2.45) is 0 Å². The lowest BCUT2D eigenvalue weighted by Crippen LogP contribution is -2.15. The highest BCUT2D eigenvalue weighted by Gasteiger charge is 2.15. The average molecular weight is 435 g/mol. The third-order valence-corrected chi connectivity index (χ3v) is 5.53. The standard InChI is InChI=1S/C27H34N2O3/c1-4-6-8-11-21-14-16-22(17-15-21)28-27(30)32-19-25-20(3)26(31-18-7-5-2)23-12-9-10-13-24(23)29-25/h9-10,12-17H,4-8,11,18-19H2,1-3H3,(H,28,30). The number of para-hydroxylation sites is 1. The maximum absolute atomic E-state index is 12.4. The first kappa shape index (κ1) is 23.6. The normalized spacial score (nSPS) is 10.8. The number of hydrogen-bond donors (Lipinski definition) is 1. The van der Waals surface area contributed by atoms with Crippen molar-refractivity contribution in [3.8, 4) is 5.75 Å². The van der Waals surface area contributed by atoms with Crippen molar-refractivity contribution in [2.75, 3.05) is 11.9 Å². The van der Waals surface area contributed by atoms with Gasteiger partial charge in [0.2, 0.25) is 0 Å². The summed E-state index contributed by atoms with van der Waals surface area (Å²) in [6.45, 7) is 7.05. The first-order valence-electron chi connectivity index (χ1n) is 11.7.